The van der Waals surface area contributed by atoms with Crippen LogP contribution in [-0.2, 0) is 14.2 Å². The van der Waals surface area contributed by atoms with Crippen molar-refractivity contribution in [1.82, 2.24) is 0 Å². The third-order valence-corrected chi connectivity index (χ3v) is 12.1. The van der Waals surface area contributed by atoms with Gasteiger partial charge in [-0.1, -0.05) is 72.8 Å². The van der Waals surface area contributed by atoms with Crippen molar-refractivity contribution < 1.29 is 32.3 Å². The van der Waals surface area contributed by atoms with Gasteiger partial charge in [-0.15, -0.1) is 0 Å². The number of rotatable bonds is 9. The molecule has 0 amide bonds. The molecule has 4 unspecified atom stereocenters. The fraction of sp³-hybridized carbons (Fsp3) is 0.333. The number of hydrogen-bond acceptors (Lipinski definition) is 7. The van der Waals surface area contributed by atoms with Gasteiger partial charge < -0.3 is 32.3 Å². The van der Waals surface area contributed by atoms with Crippen molar-refractivity contribution in [2.75, 3.05) is 0 Å². The highest BCUT2D eigenvalue weighted by Crippen LogP contribution is 2.76. The van der Waals surface area contributed by atoms with Gasteiger partial charge in [0.05, 0.1) is 0 Å². The largest absolute Gasteiger partial charge is 0.530 e. The normalized spacial score (nSPS) is 29.9. The van der Waals surface area contributed by atoms with E-state index in [9.17, 15) is 0 Å². The van der Waals surface area contributed by atoms with Crippen LogP contribution in [0.2, 0.25) is 0 Å². The Balaban J connectivity index is 1.22. The number of para-hydroxylation sites is 4. The second kappa shape index (κ2) is 11.3. The first-order valence-electron chi connectivity index (χ1n) is 15.2. The third kappa shape index (κ3) is 5.82. The van der Waals surface area contributed by atoms with Gasteiger partial charge in [0.15, 0.2) is 19.7 Å². The van der Waals surface area contributed by atoms with Crippen LogP contribution in [-0.4, -0.2) is 22.3 Å². The Morgan fingerprint density at radius 2 is 0.933 bits per heavy atom. The molecule has 4 bridgehead atoms. The Hall–Kier alpha value is -3.18. The highest BCUT2D eigenvalue weighted by molar-refractivity contribution is 7.56. The molecule has 9 heteroatoms. The van der Waals surface area contributed by atoms with Crippen LogP contribution in [0.15, 0.2) is 97.1 Å². The van der Waals surface area contributed by atoms with Gasteiger partial charge in [0, 0.05) is 24.0 Å². The van der Waals surface area contributed by atoms with Crippen molar-refractivity contribution in [3.63, 3.8) is 0 Å². The minimum Gasteiger partial charge on any atom is -0.468 e. The molecule has 0 aliphatic carbocycles. The van der Waals surface area contributed by atoms with E-state index in [-0.39, 0.29) is 0 Å². The number of ether oxygens (including phenoxy) is 3. The average molecular weight is 645 g/mol. The lowest BCUT2D eigenvalue weighted by Crippen LogP contribution is -2.71. The summed E-state index contributed by atoms with van der Waals surface area (Å²) in [5.74, 6) is 1.36. The minimum atomic E-state index is -1.88. The smallest absolute Gasteiger partial charge is 0.468 e. The molecule has 234 valence electrons. The van der Waals surface area contributed by atoms with E-state index in [2.05, 4.69) is 19.9 Å². The zero-order valence-electron chi connectivity index (χ0n) is 26.4. The molecule has 4 saturated heterocycles. The summed E-state index contributed by atoms with van der Waals surface area (Å²) in [4.78, 5) is 0. The van der Waals surface area contributed by atoms with Crippen molar-refractivity contribution in [3.05, 3.63) is 108 Å². The predicted octanol–water partition coefficient (Wildman–Crippen LogP) is 10.2. The Bertz CT molecular complexity index is 1640. The molecule has 4 aliphatic heterocycles. The highest BCUT2D eigenvalue weighted by atomic mass is 31.2. The fourth-order valence-corrected chi connectivity index (χ4v) is 11.3. The zero-order chi connectivity index (χ0) is 31.5. The number of aryl methyl sites for hydroxylation is 2. The fourth-order valence-electron chi connectivity index (χ4n) is 7.01. The number of hydrogen-bond donors (Lipinski definition) is 0. The first-order chi connectivity index (χ1) is 21.5. The van der Waals surface area contributed by atoms with Crippen molar-refractivity contribution in [3.8, 4) is 34.1 Å². The standard InChI is InChI=1S/C36H38O7P2/c1-25-15-7-11-19-29(25)38-45(39-30-20-12-8-16-26(30)2)40-32-22-14-10-18-28(32)27-17-9-13-21-31(27)37-44-35(5)23-33(3)41-34(4,43-35)24-36(44,6)42-33/h7-22H,23-24H2,1-6H3. The van der Waals surface area contributed by atoms with Gasteiger partial charge in [0.1, 0.15) is 33.7 Å². The van der Waals surface area contributed by atoms with Crippen LogP contribution in [0, 0.1) is 13.8 Å². The Morgan fingerprint density at radius 3 is 1.44 bits per heavy atom. The molecule has 8 rings (SSSR count). The molecular formula is C36H38O7P2. The maximum absolute atomic E-state index is 7.00. The van der Waals surface area contributed by atoms with Crippen LogP contribution in [0.5, 0.6) is 23.0 Å². The van der Waals surface area contributed by atoms with Crippen molar-refractivity contribution in [2.24, 2.45) is 0 Å². The van der Waals surface area contributed by atoms with Gasteiger partial charge in [-0.2, -0.15) is 0 Å². The van der Waals surface area contributed by atoms with Crippen LogP contribution >= 0.6 is 16.8 Å². The van der Waals surface area contributed by atoms with E-state index in [0.29, 0.717) is 30.1 Å². The van der Waals surface area contributed by atoms with Crippen LogP contribution < -0.4 is 18.1 Å². The molecule has 0 radical (unpaired) electrons. The molecule has 0 aromatic heterocycles. The Morgan fingerprint density at radius 1 is 0.533 bits per heavy atom. The lowest BCUT2D eigenvalue weighted by atomic mass is 9.98. The molecule has 4 aromatic rings. The Kier molecular flexibility index (Phi) is 7.62. The monoisotopic (exact) mass is 644 g/mol. The van der Waals surface area contributed by atoms with E-state index in [0.717, 1.165) is 28.0 Å². The van der Waals surface area contributed by atoms with Gasteiger partial charge in [-0.05, 0) is 76.9 Å². The summed E-state index contributed by atoms with van der Waals surface area (Å²) < 4.78 is 45.9. The first kappa shape index (κ1) is 30.5. The van der Waals surface area contributed by atoms with Gasteiger partial charge in [-0.25, -0.2) is 0 Å². The second-order valence-corrected chi connectivity index (χ2v) is 16.3. The minimum absolute atomic E-state index is 0.539. The zero-order valence-corrected chi connectivity index (χ0v) is 28.2. The molecule has 4 aromatic carbocycles. The maximum atomic E-state index is 7.00. The lowest BCUT2D eigenvalue weighted by Gasteiger charge is -2.68. The van der Waals surface area contributed by atoms with Crippen LogP contribution in [0.3, 0.4) is 0 Å². The summed E-state index contributed by atoms with van der Waals surface area (Å²) in [7, 11) is -3.11. The van der Waals surface area contributed by atoms with Crippen LogP contribution in [0.4, 0.5) is 0 Å². The molecule has 0 spiro atoms. The predicted molar refractivity (Wildman–Crippen MR) is 177 cm³/mol. The van der Waals surface area contributed by atoms with Crippen LogP contribution in [0.1, 0.15) is 51.7 Å². The maximum Gasteiger partial charge on any atom is 0.530 e. The van der Waals surface area contributed by atoms with Crippen molar-refractivity contribution >= 4 is 16.8 Å². The van der Waals surface area contributed by atoms with Crippen LogP contribution in [0.25, 0.3) is 11.1 Å². The number of benzene rings is 4. The summed E-state index contributed by atoms with van der Waals surface area (Å²) in [6.07, 6.45) is 1.19. The molecule has 45 heavy (non-hydrogen) atoms. The van der Waals surface area contributed by atoms with E-state index < -0.39 is 39.0 Å². The summed E-state index contributed by atoms with van der Waals surface area (Å²) in [6.45, 7) is 12.3. The Labute approximate surface area is 267 Å². The van der Waals surface area contributed by atoms with Gasteiger partial charge in [0.25, 0.3) is 0 Å². The molecule has 4 fully saturated rings. The second-order valence-electron chi connectivity index (χ2n) is 12.7. The van der Waals surface area contributed by atoms with E-state index >= 15 is 0 Å². The third-order valence-electron chi connectivity index (χ3n) is 8.42. The van der Waals surface area contributed by atoms with Crippen molar-refractivity contribution in [2.45, 2.75) is 76.6 Å². The van der Waals surface area contributed by atoms with Gasteiger partial charge in [0.2, 0.25) is 0 Å². The molecule has 0 N–H and O–H groups in total. The molecule has 0 saturated carbocycles. The first-order valence-corrected chi connectivity index (χ1v) is 17.5. The van der Waals surface area contributed by atoms with Crippen molar-refractivity contribution in [1.29, 1.82) is 0 Å². The van der Waals surface area contributed by atoms with Gasteiger partial charge >= 0.3 is 8.60 Å². The SMILES string of the molecule is Cc1ccccc1OP(Oc1ccccc1C)Oc1ccccc1-c1ccccc1OP1C2(C)CC3(C)OC(C)(CC1(C)O3)O2. The topological polar surface area (TPSA) is 64.6 Å². The highest BCUT2D eigenvalue weighted by Gasteiger charge is 2.73. The molecule has 7 nitrogen and oxygen atoms in total. The average Bonchev–Trinajstić information content (AvgIpc) is 2.96. The summed E-state index contributed by atoms with van der Waals surface area (Å²) in [5.41, 5.74) is 3.74. The van der Waals surface area contributed by atoms with E-state index in [1.54, 1.807) is 0 Å². The summed E-state index contributed by atoms with van der Waals surface area (Å²) in [6, 6.07) is 31.7. The van der Waals surface area contributed by atoms with E-state index in [4.69, 9.17) is 32.3 Å². The summed E-state index contributed by atoms with van der Waals surface area (Å²) >= 11 is 0. The van der Waals surface area contributed by atoms with Gasteiger partial charge in [-0.3, -0.25) is 0 Å². The quantitative estimate of drug-likeness (QED) is 0.168. The molecule has 4 heterocycles. The van der Waals surface area contributed by atoms with E-state index in [1.807, 2.05) is 119 Å². The molecule has 4 atom stereocenters. The lowest BCUT2D eigenvalue weighted by molar-refractivity contribution is -0.469. The molecular weight excluding hydrogens is 606 g/mol. The van der Waals surface area contributed by atoms with E-state index in [1.165, 1.54) is 0 Å². The summed E-state index contributed by atoms with van der Waals surface area (Å²) in [5, 5.41) is -1.08. The molecule has 4 aliphatic rings.